The standard InChI is InChI=1S/C12H14N4O2S/c1-2-16-11(9-3-6-13-7-4-9)14-15-12(16)19-8-5-10(17)18/h3-4,6-7H,2,5,8H2,1H3,(H,17,18). The third-order valence-electron chi connectivity index (χ3n) is 2.52. The Labute approximate surface area is 114 Å². The van der Waals surface area contributed by atoms with Gasteiger partial charge in [-0.3, -0.25) is 9.78 Å². The van der Waals surface area contributed by atoms with E-state index in [4.69, 9.17) is 5.11 Å². The molecule has 2 aromatic heterocycles. The van der Waals surface area contributed by atoms with Gasteiger partial charge in [-0.25, -0.2) is 0 Å². The highest BCUT2D eigenvalue weighted by molar-refractivity contribution is 7.99. The summed E-state index contributed by atoms with van der Waals surface area (Å²) in [6, 6.07) is 3.75. The van der Waals surface area contributed by atoms with Gasteiger partial charge in [0.05, 0.1) is 6.42 Å². The highest BCUT2D eigenvalue weighted by Crippen LogP contribution is 2.23. The monoisotopic (exact) mass is 278 g/mol. The second kappa shape index (κ2) is 6.33. The molecule has 0 fully saturated rings. The predicted molar refractivity (Wildman–Crippen MR) is 71.9 cm³/mol. The predicted octanol–water partition coefficient (Wildman–Crippen LogP) is 1.93. The van der Waals surface area contributed by atoms with Gasteiger partial charge in [0.2, 0.25) is 0 Å². The smallest absolute Gasteiger partial charge is 0.304 e. The second-order valence-corrected chi connectivity index (χ2v) is 4.84. The van der Waals surface area contributed by atoms with Gasteiger partial charge >= 0.3 is 5.97 Å². The summed E-state index contributed by atoms with van der Waals surface area (Å²) >= 11 is 1.41. The normalized spacial score (nSPS) is 10.6. The molecule has 0 aliphatic rings. The first-order valence-corrected chi connectivity index (χ1v) is 6.89. The van der Waals surface area contributed by atoms with Crippen LogP contribution >= 0.6 is 11.8 Å². The topological polar surface area (TPSA) is 80.9 Å². The third kappa shape index (κ3) is 3.31. The molecule has 2 rings (SSSR count). The van der Waals surface area contributed by atoms with Crippen molar-refractivity contribution in [2.45, 2.75) is 25.0 Å². The van der Waals surface area contributed by atoms with Crippen LogP contribution in [0.25, 0.3) is 11.4 Å². The summed E-state index contributed by atoms with van der Waals surface area (Å²) in [5, 5.41) is 17.7. The molecule has 100 valence electrons. The zero-order valence-electron chi connectivity index (χ0n) is 10.5. The van der Waals surface area contributed by atoms with Crippen LogP contribution in [-0.2, 0) is 11.3 Å². The lowest BCUT2D eigenvalue weighted by Crippen LogP contribution is -2.01. The van der Waals surface area contributed by atoms with E-state index in [0.29, 0.717) is 5.75 Å². The van der Waals surface area contributed by atoms with Gasteiger partial charge in [0.1, 0.15) is 0 Å². The minimum Gasteiger partial charge on any atom is -0.481 e. The van der Waals surface area contributed by atoms with E-state index in [1.54, 1.807) is 12.4 Å². The lowest BCUT2D eigenvalue weighted by molar-refractivity contribution is -0.136. The molecule has 2 heterocycles. The minimum absolute atomic E-state index is 0.117. The number of carbonyl (C=O) groups is 1. The Balaban J connectivity index is 2.18. The van der Waals surface area contributed by atoms with Crippen molar-refractivity contribution in [1.29, 1.82) is 0 Å². The molecule has 0 radical (unpaired) electrons. The number of hydrogen-bond donors (Lipinski definition) is 1. The molecule has 1 N–H and O–H groups in total. The molecule has 0 atom stereocenters. The van der Waals surface area contributed by atoms with Crippen LogP contribution < -0.4 is 0 Å². The lowest BCUT2D eigenvalue weighted by atomic mass is 10.2. The van der Waals surface area contributed by atoms with Crippen molar-refractivity contribution in [3.8, 4) is 11.4 Å². The summed E-state index contributed by atoms with van der Waals surface area (Å²) in [6.07, 6.45) is 3.54. The van der Waals surface area contributed by atoms with Crippen LogP contribution in [0.4, 0.5) is 0 Å². The molecule has 0 aromatic carbocycles. The summed E-state index contributed by atoms with van der Waals surface area (Å²) in [6.45, 7) is 2.75. The van der Waals surface area contributed by atoms with Gasteiger partial charge in [0.25, 0.3) is 0 Å². The van der Waals surface area contributed by atoms with Crippen molar-refractivity contribution in [1.82, 2.24) is 19.7 Å². The maximum Gasteiger partial charge on any atom is 0.304 e. The Morgan fingerprint density at radius 2 is 2.11 bits per heavy atom. The van der Waals surface area contributed by atoms with E-state index in [0.717, 1.165) is 23.1 Å². The number of rotatable bonds is 6. The highest BCUT2D eigenvalue weighted by atomic mass is 32.2. The molecule has 0 saturated carbocycles. The Hall–Kier alpha value is -1.89. The van der Waals surface area contributed by atoms with Crippen molar-refractivity contribution >= 4 is 17.7 Å². The zero-order valence-corrected chi connectivity index (χ0v) is 11.3. The maximum atomic E-state index is 10.5. The number of nitrogens with zero attached hydrogens (tertiary/aromatic N) is 4. The summed E-state index contributed by atoms with van der Waals surface area (Å²) in [7, 11) is 0. The Morgan fingerprint density at radius 3 is 2.74 bits per heavy atom. The Morgan fingerprint density at radius 1 is 1.37 bits per heavy atom. The number of aliphatic carboxylic acids is 1. The van der Waals surface area contributed by atoms with Gasteiger partial charge < -0.3 is 9.67 Å². The van der Waals surface area contributed by atoms with Gasteiger partial charge in [0, 0.05) is 30.3 Å². The first kappa shape index (κ1) is 13.5. The minimum atomic E-state index is -0.801. The van der Waals surface area contributed by atoms with Crippen molar-refractivity contribution in [3.63, 3.8) is 0 Å². The molecule has 2 aromatic rings. The van der Waals surface area contributed by atoms with Crippen LogP contribution in [0.1, 0.15) is 13.3 Å². The number of thioether (sulfide) groups is 1. The lowest BCUT2D eigenvalue weighted by Gasteiger charge is -2.06. The van der Waals surface area contributed by atoms with Crippen molar-refractivity contribution in [2.24, 2.45) is 0 Å². The van der Waals surface area contributed by atoms with Crippen LogP contribution in [0.2, 0.25) is 0 Å². The van der Waals surface area contributed by atoms with Crippen LogP contribution in [-0.4, -0.2) is 36.6 Å². The largest absolute Gasteiger partial charge is 0.481 e. The molecule has 0 unspecified atom stereocenters. The number of carboxylic acids is 1. The molecule has 0 aliphatic heterocycles. The Bertz CT molecular complexity index is 556. The van der Waals surface area contributed by atoms with Crippen LogP contribution in [0.15, 0.2) is 29.7 Å². The molecular formula is C12H14N4O2S. The van der Waals surface area contributed by atoms with Crippen molar-refractivity contribution in [3.05, 3.63) is 24.5 Å². The molecule has 0 aliphatic carbocycles. The zero-order chi connectivity index (χ0) is 13.7. The molecule has 7 heteroatoms. The van der Waals surface area contributed by atoms with Crippen molar-refractivity contribution < 1.29 is 9.90 Å². The number of carboxylic acid groups (broad SMARTS) is 1. The average Bonchev–Trinajstić information content (AvgIpc) is 2.82. The molecule has 6 nitrogen and oxygen atoms in total. The van der Waals surface area contributed by atoms with Crippen LogP contribution in [0.3, 0.4) is 0 Å². The van der Waals surface area contributed by atoms with Crippen molar-refractivity contribution in [2.75, 3.05) is 5.75 Å². The fourth-order valence-corrected chi connectivity index (χ4v) is 2.55. The molecular weight excluding hydrogens is 264 g/mol. The maximum absolute atomic E-state index is 10.5. The molecule has 0 amide bonds. The second-order valence-electron chi connectivity index (χ2n) is 3.78. The SMILES string of the molecule is CCn1c(SCCC(=O)O)nnc1-c1ccncc1. The van der Waals surface area contributed by atoms with Gasteiger partial charge in [-0.2, -0.15) is 0 Å². The number of hydrogen-bond acceptors (Lipinski definition) is 5. The van der Waals surface area contributed by atoms with E-state index in [1.165, 1.54) is 11.8 Å². The van der Waals surface area contributed by atoms with Crippen LogP contribution in [0.5, 0.6) is 0 Å². The van der Waals surface area contributed by atoms with Gasteiger partial charge in [-0.1, -0.05) is 11.8 Å². The van der Waals surface area contributed by atoms with E-state index in [1.807, 2.05) is 23.6 Å². The number of aromatic nitrogens is 4. The summed E-state index contributed by atoms with van der Waals surface area (Å²) < 4.78 is 1.97. The number of pyridine rings is 1. The van der Waals surface area contributed by atoms with Gasteiger partial charge in [-0.15, -0.1) is 10.2 Å². The van der Waals surface area contributed by atoms with Gasteiger partial charge in [-0.05, 0) is 19.1 Å². The first-order valence-electron chi connectivity index (χ1n) is 5.90. The summed E-state index contributed by atoms with van der Waals surface area (Å²) in [5.74, 6) is 0.469. The summed E-state index contributed by atoms with van der Waals surface area (Å²) in [4.78, 5) is 14.5. The quantitative estimate of drug-likeness (QED) is 0.813. The Kier molecular flexibility index (Phi) is 4.51. The molecule has 0 saturated heterocycles. The molecule has 19 heavy (non-hydrogen) atoms. The van der Waals surface area contributed by atoms with E-state index in [-0.39, 0.29) is 6.42 Å². The average molecular weight is 278 g/mol. The molecule has 0 bridgehead atoms. The van der Waals surface area contributed by atoms with E-state index in [2.05, 4.69) is 15.2 Å². The third-order valence-corrected chi connectivity index (χ3v) is 3.49. The fourth-order valence-electron chi connectivity index (χ4n) is 1.62. The van der Waals surface area contributed by atoms with E-state index < -0.39 is 5.97 Å². The summed E-state index contributed by atoms with van der Waals surface area (Å²) in [5.41, 5.74) is 0.953. The highest BCUT2D eigenvalue weighted by Gasteiger charge is 2.13. The van der Waals surface area contributed by atoms with E-state index >= 15 is 0 Å². The fraction of sp³-hybridized carbons (Fsp3) is 0.333. The van der Waals surface area contributed by atoms with E-state index in [9.17, 15) is 4.79 Å². The first-order chi connectivity index (χ1) is 9.22. The van der Waals surface area contributed by atoms with Crippen LogP contribution in [0, 0.1) is 0 Å². The van der Waals surface area contributed by atoms with Gasteiger partial charge in [0.15, 0.2) is 11.0 Å². The molecule has 0 spiro atoms.